The molecule has 2 heteroatoms. The molecule has 1 aromatic carbocycles. The van der Waals surface area contributed by atoms with Gasteiger partial charge in [0.25, 0.3) is 0 Å². The zero-order chi connectivity index (χ0) is 14.3. The second-order valence-corrected chi connectivity index (χ2v) is 5.65. The molecule has 0 bridgehead atoms. The summed E-state index contributed by atoms with van der Waals surface area (Å²) in [4.78, 5) is 0. The molecule has 20 heavy (non-hydrogen) atoms. The number of nitrogens with one attached hydrogen (secondary N) is 1. The van der Waals surface area contributed by atoms with Crippen molar-refractivity contribution >= 4 is 6.08 Å². The molecular formula is C18H27NO. The Hall–Kier alpha value is -1.12. The monoisotopic (exact) mass is 273 g/mol. The van der Waals surface area contributed by atoms with Crippen molar-refractivity contribution in [2.45, 2.75) is 51.2 Å². The third kappa shape index (κ3) is 4.19. The van der Waals surface area contributed by atoms with Gasteiger partial charge in [-0.05, 0) is 31.2 Å². The number of benzene rings is 1. The Morgan fingerprint density at radius 2 is 2.00 bits per heavy atom. The van der Waals surface area contributed by atoms with E-state index in [-0.39, 0.29) is 5.60 Å². The van der Waals surface area contributed by atoms with Gasteiger partial charge in [0.05, 0.1) is 5.60 Å². The van der Waals surface area contributed by atoms with Gasteiger partial charge >= 0.3 is 0 Å². The van der Waals surface area contributed by atoms with E-state index < -0.39 is 0 Å². The van der Waals surface area contributed by atoms with Gasteiger partial charge in [-0.2, -0.15) is 0 Å². The van der Waals surface area contributed by atoms with Gasteiger partial charge in [0.15, 0.2) is 0 Å². The Bertz CT molecular complexity index is 409. The van der Waals surface area contributed by atoms with Crippen molar-refractivity contribution in [1.29, 1.82) is 0 Å². The van der Waals surface area contributed by atoms with Crippen molar-refractivity contribution < 1.29 is 4.74 Å². The molecule has 0 aliphatic carbocycles. The van der Waals surface area contributed by atoms with Crippen molar-refractivity contribution in [3.8, 4) is 0 Å². The zero-order valence-electron chi connectivity index (χ0n) is 12.8. The summed E-state index contributed by atoms with van der Waals surface area (Å²) in [6, 6.07) is 11.0. The molecule has 2 rings (SSSR count). The highest BCUT2D eigenvalue weighted by atomic mass is 16.5. The zero-order valence-corrected chi connectivity index (χ0v) is 12.8. The molecule has 1 aliphatic heterocycles. The fourth-order valence-electron chi connectivity index (χ4n) is 2.94. The lowest BCUT2D eigenvalue weighted by molar-refractivity contribution is -0.0926. The summed E-state index contributed by atoms with van der Waals surface area (Å²) in [6.45, 7) is 6.30. The maximum Gasteiger partial charge on any atom is 0.0692 e. The average molecular weight is 273 g/mol. The van der Waals surface area contributed by atoms with Crippen molar-refractivity contribution in [3.63, 3.8) is 0 Å². The van der Waals surface area contributed by atoms with E-state index in [0.29, 0.717) is 6.04 Å². The van der Waals surface area contributed by atoms with Gasteiger partial charge in [0.1, 0.15) is 0 Å². The van der Waals surface area contributed by atoms with E-state index in [1.807, 2.05) is 6.07 Å². The maximum absolute atomic E-state index is 6.01. The molecule has 0 aromatic heterocycles. The Labute approximate surface area is 123 Å². The lowest BCUT2D eigenvalue weighted by Gasteiger charge is -2.40. The van der Waals surface area contributed by atoms with Gasteiger partial charge in [0, 0.05) is 19.2 Å². The quantitative estimate of drug-likeness (QED) is 0.845. The van der Waals surface area contributed by atoms with E-state index in [2.05, 4.69) is 55.6 Å². The first-order chi connectivity index (χ1) is 9.78. The number of ether oxygens (including phenoxy) is 1. The molecule has 0 radical (unpaired) electrons. The van der Waals surface area contributed by atoms with Crippen LogP contribution >= 0.6 is 0 Å². The summed E-state index contributed by atoms with van der Waals surface area (Å²) in [5, 5.41) is 3.65. The fourth-order valence-corrected chi connectivity index (χ4v) is 2.94. The molecule has 1 unspecified atom stereocenters. The van der Waals surface area contributed by atoms with E-state index in [1.54, 1.807) is 0 Å². The average Bonchev–Trinajstić information content (AvgIpc) is 2.53. The Morgan fingerprint density at radius 1 is 1.25 bits per heavy atom. The van der Waals surface area contributed by atoms with Crippen LogP contribution < -0.4 is 5.32 Å². The summed E-state index contributed by atoms with van der Waals surface area (Å²) in [6.07, 6.45) is 8.88. The van der Waals surface area contributed by atoms with Gasteiger partial charge in [-0.15, -0.1) is 0 Å². The fraction of sp³-hybridized carbons (Fsp3) is 0.556. The van der Waals surface area contributed by atoms with Crippen molar-refractivity contribution in [2.75, 3.05) is 13.2 Å². The lowest BCUT2D eigenvalue weighted by atomic mass is 9.86. The minimum Gasteiger partial charge on any atom is -0.375 e. The summed E-state index contributed by atoms with van der Waals surface area (Å²) < 4.78 is 6.01. The molecule has 110 valence electrons. The molecule has 0 amide bonds. The molecule has 2 nitrogen and oxygen atoms in total. The molecule has 1 heterocycles. The Morgan fingerprint density at radius 3 is 2.70 bits per heavy atom. The van der Waals surface area contributed by atoms with Crippen LogP contribution in [-0.4, -0.2) is 24.8 Å². The molecule has 1 atom stereocenters. The minimum atomic E-state index is 0.110. The Kier molecular flexibility index (Phi) is 5.81. The van der Waals surface area contributed by atoms with Crippen LogP contribution in [0.25, 0.3) is 6.08 Å². The number of hydrogen-bond donors (Lipinski definition) is 1. The van der Waals surface area contributed by atoms with Crippen molar-refractivity contribution in [3.05, 3.63) is 42.0 Å². The molecule has 1 N–H and O–H groups in total. The Balaban J connectivity index is 1.78. The van der Waals surface area contributed by atoms with Gasteiger partial charge in [-0.1, -0.05) is 56.3 Å². The van der Waals surface area contributed by atoms with Crippen LogP contribution in [0, 0.1) is 0 Å². The van der Waals surface area contributed by atoms with E-state index >= 15 is 0 Å². The van der Waals surface area contributed by atoms with Crippen LogP contribution in [0.3, 0.4) is 0 Å². The molecule has 0 spiro atoms. The molecule has 0 saturated carbocycles. The first-order valence-electron chi connectivity index (χ1n) is 7.87. The van der Waals surface area contributed by atoms with E-state index in [9.17, 15) is 0 Å². The first-order valence-corrected chi connectivity index (χ1v) is 7.87. The molecular weight excluding hydrogens is 246 g/mol. The third-order valence-electron chi connectivity index (χ3n) is 4.42. The highest BCUT2D eigenvalue weighted by Gasteiger charge is 2.33. The van der Waals surface area contributed by atoms with Crippen LogP contribution in [-0.2, 0) is 4.74 Å². The second-order valence-electron chi connectivity index (χ2n) is 5.65. The SMILES string of the molecule is CCC1(CC)CC(NC/C=C/c2ccccc2)CCO1. The topological polar surface area (TPSA) is 21.3 Å². The largest absolute Gasteiger partial charge is 0.375 e. The predicted molar refractivity (Wildman–Crippen MR) is 85.8 cm³/mol. The minimum absolute atomic E-state index is 0.110. The van der Waals surface area contributed by atoms with Gasteiger partial charge in [-0.25, -0.2) is 0 Å². The predicted octanol–water partition coefficient (Wildman–Crippen LogP) is 4.03. The van der Waals surface area contributed by atoms with E-state index in [1.165, 1.54) is 5.56 Å². The summed E-state index contributed by atoms with van der Waals surface area (Å²) in [7, 11) is 0. The smallest absolute Gasteiger partial charge is 0.0692 e. The van der Waals surface area contributed by atoms with E-state index in [0.717, 1.165) is 38.8 Å². The second kappa shape index (κ2) is 7.61. The van der Waals surface area contributed by atoms with Crippen molar-refractivity contribution in [2.24, 2.45) is 0 Å². The molecule has 1 aliphatic rings. The highest BCUT2D eigenvalue weighted by molar-refractivity contribution is 5.48. The van der Waals surface area contributed by atoms with Crippen LogP contribution in [0.4, 0.5) is 0 Å². The van der Waals surface area contributed by atoms with Gasteiger partial charge in [-0.3, -0.25) is 0 Å². The van der Waals surface area contributed by atoms with Crippen molar-refractivity contribution in [1.82, 2.24) is 5.32 Å². The summed E-state index contributed by atoms with van der Waals surface area (Å²) in [5.41, 5.74) is 1.37. The highest BCUT2D eigenvalue weighted by Crippen LogP contribution is 2.31. The van der Waals surface area contributed by atoms with E-state index in [4.69, 9.17) is 4.74 Å². The maximum atomic E-state index is 6.01. The normalized spacial score (nSPS) is 22.2. The molecule has 1 saturated heterocycles. The number of rotatable bonds is 6. The van der Waals surface area contributed by atoms with Gasteiger partial charge < -0.3 is 10.1 Å². The molecule has 1 fully saturated rings. The van der Waals surface area contributed by atoms with Crippen LogP contribution in [0.2, 0.25) is 0 Å². The standard InChI is InChI=1S/C18H27NO/c1-3-18(4-2)15-17(12-14-20-18)19-13-8-11-16-9-6-5-7-10-16/h5-11,17,19H,3-4,12-15H2,1-2H3/b11-8+. The van der Waals surface area contributed by atoms with Crippen LogP contribution in [0.5, 0.6) is 0 Å². The number of hydrogen-bond acceptors (Lipinski definition) is 2. The summed E-state index contributed by atoms with van der Waals surface area (Å²) >= 11 is 0. The third-order valence-corrected chi connectivity index (χ3v) is 4.42. The first kappa shape index (κ1) is 15.3. The van der Waals surface area contributed by atoms with Gasteiger partial charge in [0.2, 0.25) is 0 Å². The lowest BCUT2D eigenvalue weighted by Crippen LogP contribution is -2.46. The molecule has 1 aromatic rings. The van der Waals surface area contributed by atoms with Crippen LogP contribution in [0.1, 0.15) is 45.1 Å². The summed E-state index contributed by atoms with van der Waals surface area (Å²) in [5.74, 6) is 0. The van der Waals surface area contributed by atoms with Crippen LogP contribution in [0.15, 0.2) is 36.4 Å².